The zero-order valence-corrected chi connectivity index (χ0v) is 11.6. The number of hydrogen-bond donors (Lipinski definition) is 1. The number of carboxylic acids is 1. The average Bonchev–Trinajstić information content (AvgIpc) is 2.96. The molecular weight excluding hydrogens is 272 g/mol. The molecule has 0 spiro atoms. The molecule has 0 aliphatic carbocycles. The largest absolute Gasteiger partial charge is 0.496 e. The van der Waals surface area contributed by atoms with Gasteiger partial charge in [-0.25, -0.2) is 4.79 Å². The van der Waals surface area contributed by atoms with Crippen LogP contribution in [0.1, 0.15) is 9.67 Å². The molecule has 1 aromatic heterocycles. The maximum Gasteiger partial charge on any atom is 0.345 e. The molecule has 3 nitrogen and oxygen atoms in total. The lowest BCUT2D eigenvalue weighted by atomic mass is 10.0. The van der Waals surface area contributed by atoms with Crippen molar-refractivity contribution in [2.24, 2.45) is 0 Å². The van der Waals surface area contributed by atoms with Crippen LogP contribution >= 0.6 is 11.3 Å². The number of benzene rings is 2. The van der Waals surface area contributed by atoms with Crippen LogP contribution in [0.3, 0.4) is 0 Å². The summed E-state index contributed by atoms with van der Waals surface area (Å²) in [4.78, 5) is 12.3. The molecule has 0 amide bonds. The fraction of sp³-hybridized carbons (Fsp3) is 0.0625. The Bertz CT molecular complexity index is 789. The molecule has 20 heavy (non-hydrogen) atoms. The van der Waals surface area contributed by atoms with Crippen LogP contribution in [-0.2, 0) is 0 Å². The predicted octanol–water partition coefficient (Wildman–Crippen LogP) is 4.28. The monoisotopic (exact) mass is 284 g/mol. The number of rotatable bonds is 3. The number of carbonyl (C=O) groups is 1. The van der Waals surface area contributed by atoms with Gasteiger partial charge in [0.2, 0.25) is 0 Å². The first kappa shape index (κ1) is 12.7. The third-order valence-electron chi connectivity index (χ3n) is 3.19. The van der Waals surface area contributed by atoms with Crippen molar-refractivity contribution < 1.29 is 14.6 Å². The molecule has 0 unspecified atom stereocenters. The average molecular weight is 284 g/mol. The van der Waals surface area contributed by atoms with E-state index in [4.69, 9.17) is 9.84 Å². The molecular formula is C16H12O3S. The van der Waals surface area contributed by atoms with Crippen LogP contribution in [0.4, 0.5) is 0 Å². The molecule has 0 fully saturated rings. The van der Waals surface area contributed by atoms with Crippen molar-refractivity contribution in [1.82, 2.24) is 0 Å². The van der Waals surface area contributed by atoms with Gasteiger partial charge in [-0.05, 0) is 35.2 Å². The van der Waals surface area contributed by atoms with Gasteiger partial charge in [-0.15, -0.1) is 11.3 Å². The van der Waals surface area contributed by atoms with Crippen molar-refractivity contribution in [3.8, 4) is 16.2 Å². The van der Waals surface area contributed by atoms with E-state index >= 15 is 0 Å². The molecule has 0 saturated heterocycles. The molecule has 0 aliphatic rings. The Morgan fingerprint density at radius 2 is 1.80 bits per heavy atom. The van der Waals surface area contributed by atoms with Crippen molar-refractivity contribution in [1.29, 1.82) is 0 Å². The lowest BCUT2D eigenvalue weighted by Gasteiger charge is -2.09. The van der Waals surface area contributed by atoms with Crippen molar-refractivity contribution in [3.63, 3.8) is 0 Å². The van der Waals surface area contributed by atoms with E-state index < -0.39 is 5.97 Å². The molecule has 0 saturated carbocycles. The quantitative estimate of drug-likeness (QED) is 0.781. The van der Waals surface area contributed by atoms with Crippen LogP contribution < -0.4 is 4.74 Å². The highest BCUT2D eigenvalue weighted by atomic mass is 32.1. The van der Waals surface area contributed by atoms with Gasteiger partial charge in [-0.1, -0.05) is 24.3 Å². The molecule has 0 bridgehead atoms. The van der Waals surface area contributed by atoms with E-state index in [9.17, 15) is 4.79 Å². The summed E-state index contributed by atoms with van der Waals surface area (Å²) in [5.74, 6) is -0.0709. The third kappa shape index (κ3) is 2.04. The van der Waals surface area contributed by atoms with Gasteiger partial charge in [0, 0.05) is 10.3 Å². The first-order chi connectivity index (χ1) is 9.70. The molecule has 3 aromatic rings. The third-order valence-corrected chi connectivity index (χ3v) is 4.29. The Balaban J connectivity index is 2.23. The van der Waals surface area contributed by atoms with Gasteiger partial charge < -0.3 is 9.84 Å². The van der Waals surface area contributed by atoms with E-state index in [2.05, 4.69) is 0 Å². The van der Waals surface area contributed by atoms with Gasteiger partial charge in [0.05, 0.1) is 7.11 Å². The highest BCUT2D eigenvalue weighted by molar-refractivity contribution is 7.17. The Morgan fingerprint density at radius 3 is 2.45 bits per heavy atom. The summed E-state index contributed by atoms with van der Waals surface area (Å²) in [5, 5.41) is 11.1. The predicted molar refractivity (Wildman–Crippen MR) is 80.8 cm³/mol. The van der Waals surface area contributed by atoms with Gasteiger partial charge in [-0.2, -0.15) is 0 Å². The number of carboxylic acid groups (broad SMARTS) is 1. The zero-order chi connectivity index (χ0) is 14.1. The van der Waals surface area contributed by atoms with E-state index in [-0.39, 0.29) is 0 Å². The Morgan fingerprint density at radius 1 is 1.05 bits per heavy atom. The van der Waals surface area contributed by atoms with Crippen LogP contribution in [0, 0.1) is 0 Å². The molecule has 4 heteroatoms. The van der Waals surface area contributed by atoms with Crippen LogP contribution in [0.5, 0.6) is 5.75 Å². The molecule has 3 rings (SSSR count). The second kappa shape index (κ2) is 4.98. The lowest BCUT2D eigenvalue weighted by Crippen LogP contribution is -1.89. The van der Waals surface area contributed by atoms with Crippen molar-refractivity contribution in [2.75, 3.05) is 7.11 Å². The number of hydrogen-bond acceptors (Lipinski definition) is 3. The van der Waals surface area contributed by atoms with Crippen molar-refractivity contribution in [3.05, 3.63) is 53.4 Å². The number of thiophene rings is 1. The molecule has 0 atom stereocenters. The molecule has 0 aliphatic heterocycles. The van der Waals surface area contributed by atoms with Gasteiger partial charge in [0.25, 0.3) is 0 Å². The SMILES string of the molecule is COc1ccc(-c2ccc(C(=O)O)s2)c2ccccc12. The normalized spacial score (nSPS) is 10.7. The summed E-state index contributed by atoms with van der Waals surface area (Å²) >= 11 is 1.28. The van der Waals surface area contributed by atoms with Crippen LogP contribution in [-0.4, -0.2) is 18.2 Å². The second-order valence-electron chi connectivity index (χ2n) is 4.33. The van der Waals surface area contributed by atoms with E-state index in [1.165, 1.54) is 11.3 Å². The van der Waals surface area contributed by atoms with Crippen LogP contribution in [0.25, 0.3) is 21.2 Å². The molecule has 100 valence electrons. The highest BCUT2D eigenvalue weighted by Gasteiger charge is 2.12. The first-order valence-corrected chi connectivity index (χ1v) is 6.91. The maximum absolute atomic E-state index is 11.0. The number of aromatic carboxylic acids is 1. The van der Waals surface area contributed by atoms with Crippen molar-refractivity contribution >= 4 is 28.1 Å². The highest BCUT2D eigenvalue weighted by Crippen LogP contribution is 2.37. The summed E-state index contributed by atoms with van der Waals surface area (Å²) in [7, 11) is 1.65. The topological polar surface area (TPSA) is 46.5 Å². The molecule has 1 heterocycles. The molecule has 2 aromatic carbocycles. The van der Waals surface area contributed by atoms with Gasteiger partial charge in [0.15, 0.2) is 0 Å². The number of fused-ring (bicyclic) bond motifs is 1. The zero-order valence-electron chi connectivity index (χ0n) is 10.8. The Labute approximate surface area is 120 Å². The minimum atomic E-state index is -0.890. The standard InChI is InChI=1S/C16H12O3S/c1-19-13-7-6-12(10-4-2-3-5-11(10)13)14-8-9-15(20-14)16(17)18/h2-9H,1H3,(H,17,18). The smallest absolute Gasteiger partial charge is 0.345 e. The summed E-state index contributed by atoms with van der Waals surface area (Å²) in [6.45, 7) is 0. The summed E-state index contributed by atoms with van der Waals surface area (Å²) < 4.78 is 5.37. The van der Waals surface area contributed by atoms with Gasteiger partial charge in [0.1, 0.15) is 10.6 Å². The summed E-state index contributed by atoms with van der Waals surface area (Å²) in [6, 6.07) is 15.3. The molecule has 0 radical (unpaired) electrons. The number of ether oxygens (including phenoxy) is 1. The summed E-state index contributed by atoms with van der Waals surface area (Å²) in [6.07, 6.45) is 0. The van der Waals surface area contributed by atoms with E-state index in [1.807, 2.05) is 42.5 Å². The minimum Gasteiger partial charge on any atom is -0.496 e. The van der Waals surface area contributed by atoms with E-state index in [1.54, 1.807) is 13.2 Å². The van der Waals surface area contributed by atoms with Crippen LogP contribution in [0.15, 0.2) is 48.5 Å². The second-order valence-corrected chi connectivity index (χ2v) is 5.41. The molecule has 1 N–H and O–H groups in total. The minimum absolute atomic E-state index is 0.347. The van der Waals surface area contributed by atoms with Crippen molar-refractivity contribution in [2.45, 2.75) is 0 Å². The lowest BCUT2D eigenvalue weighted by molar-refractivity contribution is 0.0702. The Kier molecular flexibility index (Phi) is 3.16. The van der Waals surface area contributed by atoms with E-state index in [0.29, 0.717) is 4.88 Å². The van der Waals surface area contributed by atoms with E-state index in [0.717, 1.165) is 27.0 Å². The fourth-order valence-electron chi connectivity index (χ4n) is 2.26. The maximum atomic E-state index is 11.0. The Hall–Kier alpha value is -2.33. The summed E-state index contributed by atoms with van der Waals surface area (Å²) in [5.41, 5.74) is 1.03. The van der Waals surface area contributed by atoms with Gasteiger partial charge >= 0.3 is 5.97 Å². The number of methoxy groups -OCH3 is 1. The van der Waals surface area contributed by atoms with Crippen LogP contribution in [0.2, 0.25) is 0 Å². The first-order valence-electron chi connectivity index (χ1n) is 6.10. The fourth-order valence-corrected chi connectivity index (χ4v) is 3.15. The van der Waals surface area contributed by atoms with Gasteiger partial charge in [-0.3, -0.25) is 0 Å².